The number of nitrogens with zero attached hydrogens (tertiary/aromatic N) is 3. The average Bonchev–Trinajstić information content (AvgIpc) is 4.12. The molecular weight excluding hydrogens is 755 g/mol. The van der Waals surface area contributed by atoms with Gasteiger partial charge in [0.25, 0.3) is 0 Å². The highest BCUT2D eigenvalue weighted by atomic mass is 16.5. The van der Waals surface area contributed by atoms with E-state index in [1.165, 1.54) is 39.6 Å². The Labute approximate surface area is 344 Å². The van der Waals surface area contributed by atoms with Crippen LogP contribution in [0.15, 0.2) is 54.7 Å². The number of amides is 4. The number of hydrogen-bond acceptors (Lipinski definition) is 9. The second-order valence-corrected chi connectivity index (χ2v) is 15.5. The third-order valence-electron chi connectivity index (χ3n) is 12.3. The Morgan fingerprint density at radius 3 is 1.69 bits per heavy atom. The summed E-state index contributed by atoms with van der Waals surface area (Å²) in [5.74, 6) is 0.272. The molecule has 6 atom stereocenters. The third-order valence-corrected chi connectivity index (χ3v) is 12.3. The Hall–Kier alpha value is -5.67. The molecule has 4 aromatic rings. The standard InChI is InChI=1S/C44H55N7O8/c1-25(56-3)36(48-43(54)58-5)41(52)50-22-8-12-34(50)39-32-11-7-10-31(32)38(47-39)30-20-16-28(17-21-30)27-14-18-29(19-15-27)33-24-45-40(46-33)35-13-9-23-51(35)42(53)37(26(2)57-4)49-44(55)59-6/h14-21,24-26,34-37,47H,7-13,22-23H2,1-6H3,(H,45,46)(H,48,54)(H,49,55)/t25-,26-,34+,35+,36?,37+/m1/s1. The molecule has 2 aromatic carbocycles. The molecule has 4 N–H and O–H groups in total. The van der Waals surface area contributed by atoms with Crippen LogP contribution in [0.3, 0.4) is 0 Å². The Kier molecular flexibility index (Phi) is 12.7. The predicted octanol–water partition coefficient (Wildman–Crippen LogP) is 6.07. The topological polar surface area (TPSA) is 180 Å². The number of methoxy groups -OCH3 is 4. The van der Waals surface area contributed by atoms with Gasteiger partial charge in [0.15, 0.2) is 0 Å². The summed E-state index contributed by atoms with van der Waals surface area (Å²) >= 11 is 0. The highest BCUT2D eigenvalue weighted by Crippen LogP contribution is 2.42. The number of aromatic nitrogens is 3. The van der Waals surface area contributed by atoms with Gasteiger partial charge < -0.3 is 49.3 Å². The number of hydrogen-bond donors (Lipinski definition) is 4. The van der Waals surface area contributed by atoms with Crippen LogP contribution in [0.25, 0.3) is 33.6 Å². The zero-order valence-corrected chi connectivity index (χ0v) is 34.6. The van der Waals surface area contributed by atoms with E-state index in [2.05, 4.69) is 74.1 Å². The Morgan fingerprint density at radius 2 is 1.15 bits per heavy atom. The molecule has 0 spiro atoms. The molecule has 4 heterocycles. The average molecular weight is 810 g/mol. The summed E-state index contributed by atoms with van der Waals surface area (Å²) in [7, 11) is 5.57. The molecule has 314 valence electrons. The lowest BCUT2D eigenvalue weighted by molar-refractivity contribution is -0.138. The van der Waals surface area contributed by atoms with Crippen molar-refractivity contribution < 1.29 is 38.1 Å². The van der Waals surface area contributed by atoms with Gasteiger partial charge in [0.2, 0.25) is 11.8 Å². The first kappa shape index (κ1) is 41.5. The normalized spacial score (nSPS) is 19.5. The summed E-state index contributed by atoms with van der Waals surface area (Å²) < 4.78 is 20.5. The Bertz CT molecular complexity index is 2130. The summed E-state index contributed by atoms with van der Waals surface area (Å²) in [6, 6.07) is 14.7. The van der Waals surface area contributed by atoms with Crippen LogP contribution in [0.5, 0.6) is 0 Å². The summed E-state index contributed by atoms with van der Waals surface area (Å²) in [5.41, 5.74) is 9.87. The van der Waals surface area contributed by atoms with Crippen molar-refractivity contribution in [3.05, 3.63) is 77.4 Å². The van der Waals surface area contributed by atoms with E-state index >= 15 is 0 Å². The number of benzene rings is 2. The van der Waals surface area contributed by atoms with E-state index in [4.69, 9.17) is 18.9 Å². The minimum Gasteiger partial charge on any atom is -0.453 e. The van der Waals surface area contributed by atoms with E-state index in [9.17, 15) is 19.2 Å². The fourth-order valence-electron chi connectivity index (χ4n) is 8.86. The molecule has 0 saturated carbocycles. The van der Waals surface area contributed by atoms with Gasteiger partial charge in [0, 0.05) is 38.7 Å². The maximum Gasteiger partial charge on any atom is 0.407 e. The smallest absolute Gasteiger partial charge is 0.407 e. The molecule has 2 aliphatic heterocycles. The summed E-state index contributed by atoms with van der Waals surface area (Å²) in [6.45, 7) is 4.66. The Balaban J connectivity index is 1.05. The van der Waals surface area contributed by atoms with Crippen molar-refractivity contribution in [1.82, 2.24) is 35.4 Å². The number of nitrogens with one attached hydrogen (secondary N) is 4. The van der Waals surface area contributed by atoms with Crippen LogP contribution < -0.4 is 10.6 Å². The molecule has 59 heavy (non-hydrogen) atoms. The van der Waals surface area contributed by atoms with Gasteiger partial charge in [0.05, 0.1) is 50.4 Å². The molecule has 2 aromatic heterocycles. The molecule has 7 rings (SSSR count). The lowest BCUT2D eigenvalue weighted by Gasteiger charge is -2.31. The molecule has 2 saturated heterocycles. The number of carbonyl (C=O) groups excluding carboxylic acids is 4. The Morgan fingerprint density at radius 1 is 0.661 bits per heavy atom. The molecule has 1 unspecified atom stereocenters. The van der Waals surface area contributed by atoms with E-state index in [0.29, 0.717) is 18.9 Å². The van der Waals surface area contributed by atoms with Gasteiger partial charge in [-0.1, -0.05) is 48.5 Å². The van der Waals surface area contributed by atoms with Gasteiger partial charge in [-0.25, -0.2) is 14.6 Å². The number of aromatic amines is 2. The van der Waals surface area contributed by atoms with Gasteiger partial charge in [-0.2, -0.15) is 0 Å². The number of likely N-dealkylation sites (tertiary alicyclic amines) is 2. The largest absolute Gasteiger partial charge is 0.453 e. The number of ether oxygens (including phenoxy) is 4. The SMILES string of the molecule is COC(=O)NC(C(=O)N1CCC[C@H]1c1[nH]c(-c2ccc(-c3ccc(-c4cnc([C@@H]5CCCN5C(=O)[C@@H](NC(=O)OC)[C@@H](C)OC)[nH]4)cc3)cc2)c2c1CCC2)[C@@H](C)OC. The molecule has 15 heteroatoms. The minimum atomic E-state index is -0.895. The lowest BCUT2D eigenvalue weighted by atomic mass is 9.99. The monoisotopic (exact) mass is 809 g/mol. The van der Waals surface area contributed by atoms with Crippen molar-refractivity contribution in [3.63, 3.8) is 0 Å². The van der Waals surface area contributed by atoms with Gasteiger partial charge in [-0.05, 0) is 92.2 Å². The predicted molar refractivity (Wildman–Crippen MR) is 220 cm³/mol. The summed E-state index contributed by atoms with van der Waals surface area (Å²) in [4.78, 5) is 67.3. The van der Waals surface area contributed by atoms with Gasteiger partial charge >= 0.3 is 12.2 Å². The first-order chi connectivity index (χ1) is 28.6. The molecule has 1 aliphatic carbocycles. The maximum atomic E-state index is 13.9. The van der Waals surface area contributed by atoms with Crippen LogP contribution in [-0.2, 0) is 41.4 Å². The lowest BCUT2D eigenvalue weighted by Crippen LogP contribution is -2.54. The summed E-state index contributed by atoms with van der Waals surface area (Å²) in [5, 5.41) is 5.32. The molecular formula is C44H55N7O8. The van der Waals surface area contributed by atoms with Crippen molar-refractivity contribution in [2.24, 2.45) is 0 Å². The molecule has 0 radical (unpaired) electrons. The zero-order valence-electron chi connectivity index (χ0n) is 34.6. The summed E-state index contributed by atoms with van der Waals surface area (Å²) in [6.07, 6.45) is 5.61. The van der Waals surface area contributed by atoms with E-state index < -0.39 is 36.5 Å². The molecule has 0 bridgehead atoms. The fraction of sp³-hybridized carbons (Fsp3) is 0.477. The molecule has 2 fully saturated rings. The van der Waals surface area contributed by atoms with E-state index in [1.54, 1.807) is 24.9 Å². The van der Waals surface area contributed by atoms with E-state index in [-0.39, 0.29) is 23.9 Å². The first-order valence-electron chi connectivity index (χ1n) is 20.4. The second kappa shape index (κ2) is 18.1. The number of carbonyl (C=O) groups is 4. The van der Waals surface area contributed by atoms with E-state index in [1.807, 2.05) is 4.90 Å². The highest BCUT2D eigenvalue weighted by Gasteiger charge is 2.41. The molecule has 4 amide bonds. The quantitative estimate of drug-likeness (QED) is 0.125. The maximum absolute atomic E-state index is 13.9. The van der Waals surface area contributed by atoms with Crippen LogP contribution in [0.1, 0.15) is 80.7 Å². The number of rotatable bonds is 13. The van der Waals surface area contributed by atoms with Crippen molar-refractivity contribution in [2.45, 2.75) is 95.2 Å². The number of imidazole rings is 1. The fourth-order valence-corrected chi connectivity index (χ4v) is 8.86. The number of H-pyrrole nitrogens is 2. The molecule has 3 aliphatic rings. The van der Waals surface area contributed by atoms with Crippen molar-refractivity contribution in [1.29, 1.82) is 0 Å². The molecule has 15 nitrogen and oxygen atoms in total. The van der Waals surface area contributed by atoms with Crippen LogP contribution in [0, 0.1) is 0 Å². The van der Waals surface area contributed by atoms with Crippen LogP contribution in [0.2, 0.25) is 0 Å². The van der Waals surface area contributed by atoms with Crippen molar-refractivity contribution >= 4 is 24.0 Å². The van der Waals surface area contributed by atoms with Crippen molar-refractivity contribution in [3.8, 4) is 33.6 Å². The van der Waals surface area contributed by atoms with Crippen molar-refractivity contribution in [2.75, 3.05) is 41.5 Å². The van der Waals surface area contributed by atoms with Gasteiger partial charge in [0.1, 0.15) is 17.9 Å². The van der Waals surface area contributed by atoms with E-state index in [0.717, 1.165) is 84.3 Å². The number of alkyl carbamates (subject to hydrolysis) is 2. The van der Waals surface area contributed by atoms with Gasteiger partial charge in [-0.15, -0.1) is 0 Å². The minimum absolute atomic E-state index is 0.121. The van der Waals surface area contributed by atoms with Crippen LogP contribution in [0.4, 0.5) is 9.59 Å². The highest BCUT2D eigenvalue weighted by molar-refractivity contribution is 5.88. The van der Waals surface area contributed by atoms with Crippen LogP contribution in [-0.4, -0.2) is 115 Å². The first-order valence-corrected chi connectivity index (χ1v) is 20.4. The third kappa shape index (κ3) is 8.44. The van der Waals surface area contributed by atoms with Crippen LogP contribution >= 0.6 is 0 Å². The second-order valence-electron chi connectivity index (χ2n) is 15.5. The van der Waals surface area contributed by atoms with Gasteiger partial charge in [-0.3, -0.25) is 9.59 Å². The zero-order chi connectivity index (χ0) is 41.8. The number of fused-ring (bicyclic) bond motifs is 1.